The van der Waals surface area contributed by atoms with Gasteiger partial charge in [-0.25, -0.2) is 0 Å². The molecular weight excluding hydrogens is 188 g/mol. The van der Waals surface area contributed by atoms with Crippen molar-refractivity contribution in [2.24, 2.45) is 5.92 Å². The van der Waals surface area contributed by atoms with E-state index in [4.69, 9.17) is 4.74 Å². The summed E-state index contributed by atoms with van der Waals surface area (Å²) >= 11 is 0. The van der Waals surface area contributed by atoms with Crippen molar-refractivity contribution in [2.45, 2.75) is 33.6 Å². The van der Waals surface area contributed by atoms with Crippen LogP contribution >= 0.6 is 0 Å². The van der Waals surface area contributed by atoms with Crippen molar-refractivity contribution in [2.75, 3.05) is 0 Å². The van der Waals surface area contributed by atoms with E-state index in [0.717, 1.165) is 29.7 Å². The molecular formula is C13H16O2. The number of hydrogen-bond donors (Lipinski definition) is 0. The van der Waals surface area contributed by atoms with E-state index in [1.54, 1.807) is 0 Å². The molecule has 1 aliphatic rings. The highest BCUT2D eigenvalue weighted by atomic mass is 16.5. The van der Waals surface area contributed by atoms with Crippen LogP contribution in [0, 0.1) is 26.7 Å². The Morgan fingerprint density at radius 2 is 1.73 bits per heavy atom. The fourth-order valence-corrected chi connectivity index (χ4v) is 1.83. The molecule has 1 aliphatic carbocycles. The lowest BCUT2D eigenvalue weighted by atomic mass is 10.1. The van der Waals surface area contributed by atoms with Crippen molar-refractivity contribution in [3.63, 3.8) is 0 Å². The third kappa shape index (κ3) is 2.20. The molecule has 0 saturated heterocycles. The first kappa shape index (κ1) is 10.2. The minimum absolute atomic E-state index is 0.0648. The number of carbonyl (C=O) groups excluding carboxylic acids is 1. The van der Waals surface area contributed by atoms with Gasteiger partial charge in [-0.2, -0.15) is 0 Å². The third-order valence-corrected chi connectivity index (χ3v) is 2.72. The Balaban J connectivity index is 2.23. The number of esters is 1. The van der Waals surface area contributed by atoms with Crippen LogP contribution in [0.2, 0.25) is 0 Å². The summed E-state index contributed by atoms with van der Waals surface area (Å²) < 4.78 is 5.42. The van der Waals surface area contributed by atoms with E-state index in [1.807, 2.05) is 32.9 Å². The van der Waals surface area contributed by atoms with Crippen molar-refractivity contribution in [3.05, 3.63) is 28.8 Å². The number of aryl methyl sites for hydroxylation is 3. The van der Waals surface area contributed by atoms with Crippen LogP contribution in [-0.2, 0) is 4.79 Å². The van der Waals surface area contributed by atoms with Gasteiger partial charge in [-0.3, -0.25) is 4.79 Å². The molecule has 0 unspecified atom stereocenters. The monoisotopic (exact) mass is 204 g/mol. The molecule has 1 aromatic rings. The number of benzene rings is 1. The van der Waals surface area contributed by atoms with Gasteiger partial charge >= 0.3 is 5.97 Å². The molecule has 0 spiro atoms. The van der Waals surface area contributed by atoms with Crippen LogP contribution in [0.25, 0.3) is 0 Å². The van der Waals surface area contributed by atoms with Gasteiger partial charge in [0.15, 0.2) is 0 Å². The summed E-state index contributed by atoms with van der Waals surface area (Å²) in [6.07, 6.45) is 1.98. The van der Waals surface area contributed by atoms with Gasteiger partial charge in [0.25, 0.3) is 0 Å². The van der Waals surface area contributed by atoms with Crippen molar-refractivity contribution >= 4 is 5.97 Å². The SMILES string of the molecule is Cc1cc(C)c(OC(=O)C2CC2)c(C)c1. The van der Waals surface area contributed by atoms with E-state index in [9.17, 15) is 4.79 Å². The largest absolute Gasteiger partial charge is 0.426 e. The molecule has 2 heteroatoms. The lowest BCUT2D eigenvalue weighted by Crippen LogP contribution is -2.11. The molecule has 0 aromatic heterocycles. The van der Waals surface area contributed by atoms with E-state index in [0.29, 0.717) is 0 Å². The second-order valence-corrected chi connectivity index (χ2v) is 4.42. The summed E-state index contributed by atoms with van der Waals surface area (Å²) in [5, 5.41) is 0. The number of carbonyl (C=O) groups is 1. The highest BCUT2D eigenvalue weighted by Gasteiger charge is 2.32. The van der Waals surface area contributed by atoms with E-state index < -0.39 is 0 Å². The van der Waals surface area contributed by atoms with Crippen LogP contribution in [0.1, 0.15) is 29.5 Å². The Bertz CT molecular complexity index is 380. The molecule has 1 aromatic carbocycles. The van der Waals surface area contributed by atoms with Gasteiger partial charge in [0.2, 0.25) is 0 Å². The Morgan fingerprint density at radius 3 is 2.20 bits per heavy atom. The van der Waals surface area contributed by atoms with Crippen molar-refractivity contribution in [1.29, 1.82) is 0 Å². The van der Waals surface area contributed by atoms with Crippen molar-refractivity contribution in [3.8, 4) is 5.75 Å². The zero-order chi connectivity index (χ0) is 11.0. The average Bonchev–Trinajstić information content (AvgIpc) is 2.93. The molecule has 1 saturated carbocycles. The number of rotatable bonds is 2. The maximum Gasteiger partial charge on any atom is 0.314 e. The van der Waals surface area contributed by atoms with E-state index in [-0.39, 0.29) is 11.9 Å². The van der Waals surface area contributed by atoms with Gasteiger partial charge in [0.05, 0.1) is 5.92 Å². The lowest BCUT2D eigenvalue weighted by molar-refractivity contribution is -0.135. The molecule has 0 heterocycles. The van der Waals surface area contributed by atoms with Crippen LogP contribution in [0.3, 0.4) is 0 Å². The first-order valence-electron chi connectivity index (χ1n) is 5.37. The first-order valence-corrected chi connectivity index (χ1v) is 5.37. The van der Waals surface area contributed by atoms with E-state index in [2.05, 4.69) is 0 Å². The molecule has 2 nitrogen and oxygen atoms in total. The second kappa shape index (κ2) is 3.69. The molecule has 0 bridgehead atoms. The van der Waals surface area contributed by atoms with Gasteiger partial charge in [-0.05, 0) is 44.7 Å². The maximum atomic E-state index is 11.5. The van der Waals surface area contributed by atoms with Gasteiger partial charge in [0.1, 0.15) is 5.75 Å². The normalized spacial score (nSPS) is 15.1. The molecule has 0 aliphatic heterocycles. The maximum absolute atomic E-state index is 11.5. The summed E-state index contributed by atoms with van der Waals surface area (Å²) in [6, 6.07) is 4.09. The summed E-state index contributed by atoms with van der Waals surface area (Å²) in [6.45, 7) is 6.01. The molecule has 0 amide bonds. The van der Waals surface area contributed by atoms with E-state index in [1.165, 1.54) is 5.56 Å². The lowest BCUT2D eigenvalue weighted by Gasteiger charge is -2.11. The van der Waals surface area contributed by atoms with Crippen LogP contribution in [-0.4, -0.2) is 5.97 Å². The Kier molecular flexibility index (Phi) is 2.51. The summed E-state index contributed by atoms with van der Waals surface area (Å²) in [4.78, 5) is 11.5. The minimum atomic E-state index is -0.0648. The summed E-state index contributed by atoms with van der Waals surface area (Å²) in [7, 11) is 0. The standard InChI is InChI=1S/C13H16O2/c1-8-6-9(2)12(10(3)7-8)15-13(14)11-4-5-11/h6-7,11H,4-5H2,1-3H3. The molecule has 0 atom stereocenters. The Hall–Kier alpha value is -1.31. The molecule has 15 heavy (non-hydrogen) atoms. The van der Waals surface area contributed by atoms with Gasteiger partial charge in [-0.1, -0.05) is 17.7 Å². The smallest absolute Gasteiger partial charge is 0.314 e. The molecule has 0 radical (unpaired) electrons. The van der Waals surface area contributed by atoms with E-state index >= 15 is 0 Å². The summed E-state index contributed by atoms with van der Waals surface area (Å²) in [5.41, 5.74) is 3.29. The molecule has 0 N–H and O–H groups in total. The van der Waals surface area contributed by atoms with Crippen LogP contribution in [0.4, 0.5) is 0 Å². The van der Waals surface area contributed by atoms with Gasteiger partial charge in [0, 0.05) is 0 Å². The summed E-state index contributed by atoms with van der Waals surface area (Å²) in [5.74, 6) is 0.840. The van der Waals surface area contributed by atoms with Crippen LogP contribution < -0.4 is 4.74 Å². The van der Waals surface area contributed by atoms with Crippen LogP contribution in [0.5, 0.6) is 5.75 Å². The van der Waals surface area contributed by atoms with Crippen LogP contribution in [0.15, 0.2) is 12.1 Å². The minimum Gasteiger partial charge on any atom is -0.426 e. The third-order valence-electron chi connectivity index (χ3n) is 2.72. The fourth-order valence-electron chi connectivity index (χ4n) is 1.83. The quantitative estimate of drug-likeness (QED) is 0.547. The predicted molar refractivity (Wildman–Crippen MR) is 59.0 cm³/mol. The molecule has 80 valence electrons. The van der Waals surface area contributed by atoms with Gasteiger partial charge in [-0.15, -0.1) is 0 Å². The first-order chi connectivity index (χ1) is 7.08. The zero-order valence-corrected chi connectivity index (χ0v) is 9.46. The number of ether oxygens (including phenoxy) is 1. The molecule has 1 fully saturated rings. The average molecular weight is 204 g/mol. The zero-order valence-electron chi connectivity index (χ0n) is 9.46. The Labute approximate surface area is 90.3 Å². The highest BCUT2D eigenvalue weighted by molar-refractivity contribution is 5.78. The topological polar surface area (TPSA) is 26.3 Å². The van der Waals surface area contributed by atoms with Gasteiger partial charge < -0.3 is 4.74 Å². The number of hydrogen-bond acceptors (Lipinski definition) is 2. The fraction of sp³-hybridized carbons (Fsp3) is 0.462. The second-order valence-electron chi connectivity index (χ2n) is 4.42. The predicted octanol–water partition coefficient (Wildman–Crippen LogP) is 2.93. The Morgan fingerprint density at radius 1 is 1.20 bits per heavy atom. The van der Waals surface area contributed by atoms with Crippen molar-refractivity contribution < 1.29 is 9.53 Å². The highest BCUT2D eigenvalue weighted by Crippen LogP contribution is 2.32. The molecule has 2 rings (SSSR count). The van der Waals surface area contributed by atoms with Crippen molar-refractivity contribution in [1.82, 2.24) is 0 Å².